The lowest BCUT2D eigenvalue weighted by atomic mass is 10.1. The van der Waals surface area contributed by atoms with Crippen LogP contribution in [0.15, 0.2) is 48.5 Å². The van der Waals surface area contributed by atoms with Gasteiger partial charge in [0, 0.05) is 0 Å². The third-order valence-corrected chi connectivity index (χ3v) is 3.07. The van der Waals surface area contributed by atoms with Crippen molar-refractivity contribution in [3.8, 4) is 11.5 Å². The fraction of sp³-hybridized carbons (Fsp3) is 0.294. The summed E-state index contributed by atoms with van der Waals surface area (Å²) in [6.45, 7) is 5.14. The molecule has 2 aromatic rings. The molecule has 0 amide bonds. The Bertz CT molecular complexity index is 520. The molecule has 20 heavy (non-hydrogen) atoms. The van der Waals surface area contributed by atoms with E-state index in [2.05, 4.69) is 6.92 Å². The minimum atomic E-state index is -0.146. The highest BCUT2D eigenvalue weighted by Crippen LogP contribution is 2.18. The van der Waals surface area contributed by atoms with Gasteiger partial charge in [0.2, 0.25) is 0 Å². The number of aryl methyl sites for hydroxylation is 1. The van der Waals surface area contributed by atoms with E-state index in [-0.39, 0.29) is 6.04 Å². The quantitative estimate of drug-likeness (QED) is 0.875. The highest BCUT2D eigenvalue weighted by Gasteiger charge is 2.07. The first-order valence-corrected chi connectivity index (χ1v) is 6.87. The third kappa shape index (κ3) is 4.00. The van der Waals surface area contributed by atoms with Crippen molar-refractivity contribution in [2.45, 2.75) is 19.9 Å². The second kappa shape index (κ2) is 6.96. The van der Waals surface area contributed by atoms with Crippen LogP contribution in [0.1, 0.15) is 24.1 Å². The van der Waals surface area contributed by atoms with Gasteiger partial charge < -0.3 is 15.2 Å². The Morgan fingerprint density at radius 1 is 0.900 bits per heavy atom. The van der Waals surface area contributed by atoms with E-state index < -0.39 is 0 Å². The highest BCUT2D eigenvalue weighted by atomic mass is 16.5. The first-order valence-electron chi connectivity index (χ1n) is 6.87. The number of nitrogens with two attached hydrogens (primary N) is 1. The molecule has 0 aliphatic heterocycles. The fourth-order valence-electron chi connectivity index (χ4n) is 1.89. The Hall–Kier alpha value is -2.00. The number of ether oxygens (including phenoxy) is 2. The molecule has 3 heteroatoms. The summed E-state index contributed by atoms with van der Waals surface area (Å²) < 4.78 is 11.1. The van der Waals surface area contributed by atoms with Gasteiger partial charge in [-0.25, -0.2) is 0 Å². The van der Waals surface area contributed by atoms with Gasteiger partial charge in [0.1, 0.15) is 18.1 Å². The average Bonchev–Trinajstić information content (AvgIpc) is 2.47. The molecule has 1 atom stereocenters. The van der Waals surface area contributed by atoms with Crippen molar-refractivity contribution in [2.24, 2.45) is 5.73 Å². The summed E-state index contributed by atoms with van der Waals surface area (Å²) in [7, 11) is 0. The molecule has 0 aromatic heterocycles. The van der Waals surface area contributed by atoms with E-state index >= 15 is 0 Å². The molecule has 3 nitrogen and oxygen atoms in total. The molecule has 0 fully saturated rings. The van der Waals surface area contributed by atoms with E-state index in [9.17, 15) is 0 Å². The van der Waals surface area contributed by atoms with Crippen molar-refractivity contribution in [1.29, 1.82) is 0 Å². The largest absolute Gasteiger partial charge is 0.494 e. The van der Waals surface area contributed by atoms with Gasteiger partial charge in [-0.15, -0.1) is 0 Å². The molecule has 0 saturated heterocycles. The van der Waals surface area contributed by atoms with Gasteiger partial charge in [-0.05, 0) is 43.7 Å². The molecule has 0 radical (unpaired) electrons. The summed E-state index contributed by atoms with van der Waals surface area (Å²) >= 11 is 0. The predicted molar refractivity (Wildman–Crippen MR) is 81.2 cm³/mol. The second-order valence-electron chi connectivity index (χ2n) is 4.73. The first kappa shape index (κ1) is 14.4. The van der Waals surface area contributed by atoms with Crippen molar-refractivity contribution in [2.75, 3.05) is 13.2 Å². The number of rotatable bonds is 6. The normalized spacial score (nSPS) is 11.9. The van der Waals surface area contributed by atoms with E-state index in [1.54, 1.807) is 0 Å². The Labute approximate surface area is 120 Å². The lowest BCUT2D eigenvalue weighted by Crippen LogP contribution is -2.18. The van der Waals surface area contributed by atoms with Crippen LogP contribution in [0.5, 0.6) is 11.5 Å². The van der Waals surface area contributed by atoms with Gasteiger partial charge in [0.25, 0.3) is 0 Å². The van der Waals surface area contributed by atoms with E-state index in [4.69, 9.17) is 15.2 Å². The van der Waals surface area contributed by atoms with E-state index in [1.165, 1.54) is 5.56 Å². The van der Waals surface area contributed by atoms with Crippen molar-refractivity contribution in [1.82, 2.24) is 0 Å². The fourth-order valence-corrected chi connectivity index (χ4v) is 1.89. The molecular weight excluding hydrogens is 250 g/mol. The van der Waals surface area contributed by atoms with Crippen LogP contribution < -0.4 is 15.2 Å². The number of hydrogen-bond donors (Lipinski definition) is 1. The second-order valence-corrected chi connectivity index (χ2v) is 4.73. The molecule has 1 unspecified atom stereocenters. The Balaban J connectivity index is 1.90. The lowest BCUT2D eigenvalue weighted by Gasteiger charge is -2.14. The maximum absolute atomic E-state index is 6.13. The van der Waals surface area contributed by atoms with E-state index in [0.29, 0.717) is 13.2 Å². The van der Waals surface area contributed by atoms with Crippen LogP contribution in [-0.4, -0.2) is 13.2 Å². The lowest BCUT2D eigenvalue weighted by molar-refractivity contribution is 0.290. The predicted octanol–water partition coefficient (Wildman–Crippen LogP) is 3.47. The van der Waals surface area contributed by atoms with E-state index in [1.807, 2.05) is 55.5 Å². The smallest absolute Gasteiger partial charge is 0.119 e. The van der Waals surface area contributed by atoms with Crippen LogP contribution in [0.4, 0.5) is 0 Å². The van der Waals surface area contributed by atoms with Crippen LogP contribution in [0.25, 0.3) is 0 Å². The van der Waals surface area contributed by atoms with Gasteiger partial charge in [-0.1, -0.05) is 29.8 Å². The molecule has 0 heterocycles. The van der Waals surface area contributed by atoms with Crippen LogP contribution in [0.3, 0.4) is 0 Å². The summed E-state index contributed by atoms with van der Waals surface area (Å²) in [6, 6.07) is 15.7. The molecule has 0 spiro atoms. The summed E-state index contributed by atoms with van der Waals surface area (Å²) in [5.74, 6) is 1.71. The molecule has 0 aliphatic carbocycles. The van der Waals surface area contributed by atoms with Gasteiger partial charge in [0.15, 0.2) is 0 Å². The topological polar surface area (TPSA) is 44.5 Å². The Morgan fingerprint density at radius 2 is 1.45 bits per heavy atom. The molecule has 0 saturated carbocycles. The maximum atomic E-state index is 6.13. The number of hydrogen-bond acceptors (Lipinski definition) is 3. The zero-order valence-corrected chi connectivity index (χ0v) is 12.0. The van der Waals surface area contributed by atoms with Crippen LogP contribution in [0, 0.1) is 6.92 Å². The number of benzene rings is 2. The van der Waals surface area contributed by atoms with Crippen molar-refractivity contribution in [3.05, 3.63) is 59.7 Å². The Morgan fingerprint density at radius 3 is 2.05 bits per heavy atom. The van der Waals surface area contributed by atoms with Crippen molar-refractivity contribution < 1.29 is 9.47 Å². The third-order valence-electron chi connectivity index (χ3n) is 3.07. The molecule has 0 bridgehead atoms. The van der Waals surface area contributed by atoms with Gasteiger partial charge in [-0.3, -0.25) is 0 Å². The summed E-state index contributed by atoms with van der Waals surface area (Å²) in [6.07, 6.45) is 0. The molecule has 2 rings (SSSR count). The first-order chi connectivity index (χ1) is 9.69. The van der Waals surface area contributed by atoms with Crippen LogP contribution in [0.2, 0.25) is 0 Å². The Kier molecular flexibility index (Phi) is 5.02. The summed E-state index contributed by atoms with van der Waals surface area (Å²) in [5, 5.41) is 0. The molecule has 106 valence electrons. The minimum absolute atomic E-state index is 0.146. The maximum Gasteiger partial charge on any atom is 0.119 e. The van der Waals surface area contributed by atoms with Crippen LogP contribution in [-0.2, 0) is 0 Å². The molecule has 2 aromatic carbocycles. The van der Waals surface area contributed by atoms with Gasteiger partial charge in [0.05, 0.1) is 12.6 Å². The summed E-state index contributed by atoms with van der Waals surface area (Å²) in [5.41, 5.74) is 8.39. The minimum Gasteiger partial charge on any atom is -0.494 e. The highest BCUT2D eigenvalue weighted by molar-refractivity contribution is 5.30. The van der Waals surface area contributed by atoms with Crippen LogP contribution >= 0.6 is 0 Å². The summed E-state index contributed by atoms with van der Waals surface area (Å²) in [4.78, 5) is 0. The zero-order valence-electron chi connectivity index (χ0n) is 12.0. The van der Waals surface area contributed by atoms with Gasteiger partial charge >= 0.3 is 0 Å². The SMILES string of the molecule is CCOc1ccc(C(N)COc2ccc(C)cc2)cc1. The monoisotopic (exact) mass is 271 g/mol. The van der Waals surface area contributed by atoms with Crippen molar-refractivity contribution in [3.63, 3.8) is 0 Å². The molecule has 2 N–H and O–H groups in total. The van der Waals surface area contributed by atoms with Crippen molar-refractivity contribution >= 4 is 0 Å². The standard InChI is InChI=1S/C17H21NO2/c1-3-19-15-10-6-14(7-11-15)17(18)12-20-16-8-4-13(2)5-9-16/h4-11,17H,3,12,18H2,1-2H3. The van der Waals surface area contributed by atoms with E-state index in [0.717, 1.165) is 17.1 Å². The average molecular weight is 271 g/mol. The molecule has 0 aliphatic rings. The molecular formula is C17H21NO2. The zero-order chi connectivity index (χ0) is 14.4. The van der Waals surface area contributed by atoms with Gasteiger partial charge in [-0.2, -0.15) is 0 Å².